The number of pyridine rings is 1. The quantitative estimate of drug-likeness (QED) is 0.396. The van der Waals surface area contributed by atoms with E-state index >= 15 is 0 Å². The first-order chi connectivity index (χ1) is 15.5. The molecule has 7 nitrogen and oxygen atoms in total. The van der Waals surface area contributed by atoms with Crippen molar-refractivity contribution in [2.75, 3.05) is 60.0 Å². The third-order valence-electron chi connectivity index (χ3n) is 5.80. The van der Waals surface area contributed by atoms with Crippen LogP contribution in [0.25, 0.3) is 10.9 Å². The molecule has 0 amide bonds. The van der Waals surface area contributed by atoms with Gasteiger partial charge in [-0.1, -0.05) is 0 Å². The lowest BCUT2D eigenvalue weighted by Crippen LogP contribution is -2.44. The summed E-state index contributed by atoms with van der Waals surface area (Å²) in [6.07, 6.45) is 3.54. The highest BCUT2D eigenvalue weighted by molar-refractivity contribution is 7.80. The van der Waals surface area contributed by atoms with E-state index in [0.29, 0.717) is 23.8 Å². The van der Waals surface area contributed by atoms with Gasteiger partial charge >= 0.3 is 0 Å². The Balaban J connectivity index is 1.73. The molecule has 1 aromatic carbocycles. The summed E-state index contributed by atoms with van der Waals surface area (Å²) in [5.41, 5.74) is 1.46. The number of likely N-dealkylation sites (tertiary alicyclic amines) is 1. The molecule has 176 valence electrons. The van der Waals surface area contributed by atoms with Gasteiger partial charge in [-0.05, 0) is 96.4 Å². The number of nitrogens with zero attached hydrogens (tertiary/aromatic N) is 3. The summed E-state index contributed by atoms with van der Waals surface area (Å²) < 4.78 is 5.63. The van der Waals surface area contributed by atoms with Gasteiger partial charge in [-0.2, -0.15) is 0 Å². The van der Waals surface area contributed by atoms with Gasteiger partial charge in [0, 0.05) is 36.1 Å². The van der Waals surface area contributed by atoms with Crippen LogP contribution in [0.15, 0.2) is 29.1 Å². The Bertz CT molecular complexity index is 940. The Labute approximate surface area is 196 Å². The van der Waals surface area contributed by atoms with Crippen molar-refractivity contribution >= 4 is 28.2 Å². The number of hydrogen-bond acceptors (Lipinski definition) is 5. The molecule has 1 aromatic heterocycles. The number of fused-ring (bicyclic) bond motifs is 1. The predicted molar refractivity (Wildman–Crippen MR) is 136 cm³/mol. The number of ether oxygens (including phenoxy) is 1. The van der Waals surface area contributed by atoms with Gasteiger partial charge in [-0.15, -0.1) is 0 Å². The smallest absolute Gasteiger partial charge is 0.253 e. The summed E-state index contributed by atoms with van der Waals surface area (Å²) in [5, 5.41) is 5.08. The van der Waals surface area contributed by atoms with Gasteiger partial charge in [0.2, 0.25) is 0 Å². The monoisotopic (exact) mass is 459 g/mol. The van der Waals surface area contributed by atoms with Crippen molar-refractivity contribution in [3.63, 3.8) is 0 Å². The van der Waals surface area contributed by atoms with Crippen LogP contribution in [0.2, 0.25) is 0 Å². The minimum atomic E-state index is -0.0664. The highest BCUT2D eigenvalue weighted by Gasteiger charge is 2.17. The third-order valence-corrected chi connectivity index (χ3v) is 6.20. The fraction of sp³-hybridized carbons (Fsp3) is 0.583. The second-order valence-electron chi connectivity index (χ2n) is 8.66. The van der Waals surface area contributed by atoms with Gasteiger partial charge < -0.3 is 29.7 Å². The maximum Gasteiger partial charge on any atom is 0.253 e. The molecule has 0 spiro atoms. The minimum absolute atomic E-state index is 0.0664. The molecule has 1 aliphatic rings. The largest absolute Gasteiger partial charge is 0.494 e. The molecule has 1 fully saturated rings. The molecule has 2 N–H and O–H groups in total. The third kappa shape index (κ3) is 7.18. The van der Waals surface area contributed by atoms with Crippen LogP contribution in [0, 0.1) is 0 Å². The summed E-state index contributed by atoms with van der Waals surface area (Å²) in [6, 6.07) is 7.73. The summed E-state index contributed by atoms with van der Waals surface area (Å²) >= 11 is 5.74. The fourth-order valence-corrected chi connectivity index (χ4v) is 4.29. The molecule has 1 saturated heterocycles. The Morgan fingerprint density at radius 3 is 2.72 bits per heavy atom. The zero-order chi connectivity index (χ0) is 22.9. The fourth-order valence-electron chi connectivity index (χ4n) is 4.03. The van der Waals surface area contributed by atoms with E-state index in [2.05, 4.69) is 39.1 Å². The van der Waals surface area contributed by atoms with E-state index in [0.717, 1.165) is 62.3 Å². The molecule has 0 aliphatic carbocycles. The van der Waals surface area contributed by atoms with Crippen molar-refractivity contribution in [2.45, 2.75) is 32.7 Å². The van der Waals surface area contributed by atoms with Crippen LogP contribution < -0.4 is 15.6 Å². The van der Waals surface area contributed by atoms with Gasteiger partial charge in [0.1, 0.15) is 5.75 Å². The van der Waals surface area contributed by atoms with Crippen LogP contribution in [0.4, 0.5) is 0 Å². The molecule has 8 heteroatoms. The molecule has 0 unspecified atom stereocenters. The molecular weight excluding hydrogens is 422 g/mol. The highest BCUT2D eigenvalue weighted by Crippen LogP contribution is 2.20. The van der Waals surface area contributed by atoms with Gasteiger partial charge in [-0.25, -0.2) is 0 Å². The van der Waals surface area contributed by atoms with E-state index in [-0.39, 0.29) is 5.56 Å². The number of rotatable bonds is 11. The van der Waals surface area contributed by atoms with Crippen molar-refractivity contribution in [1.29, 1.82) is 0 Å². The van der Waals surface area contributed by atoms with Crippen molar-refractivity contribution < 1.29 is 4.74 Å². The lowest BCUT2D eigenvalue weighted by molar-refractivity contribution is 0.285. The van der Waals surface area contributed by atoms with E-state index in [1.165, 1.54) is 12.8 Å². The molecule has 0 saturated carbocycles. The SMILES string of the molecule is CCOc1ccc2[nH]c(=O)c(CN(CCN3CCCC3)C(=S)NCCCN(C)C)cc2c1. The van der Waals surface area contributed by atoms with E-state index < -0.39 is 0 Å². The first-order valence-electron chi connectivity index (χ1n) is 11.6. The molecule has 0 atom stereocenters. The average molecular weight is 460 g/mol. The maximum absolute atomic E-state index is 12.8. The van der Waals surface area contributed by atoms with Crippen molar-refractivity contribution in [2.24, 2.45) is 0 Å². The zero-order valence-electron chi connectivity index (χ0n) is 19.7. The lowest BCUT2D eigenvalue weighted by Gasteiger charge is -2.28. The molecule has 2 heterocycles. The minimum Gasteiger partial charge on any atom is -0.494 e. The number of aromatic nitrogens is 1. The molecule has 1 aliphatic heterocycles. The van der Waals surface area contributed by atoms with Gasteiger partial charge in [-0.3, -0.25) is 4.79 Å². The highest BCUT2D eigenvalue weighted by atomic mass is 32.1. The van der Waals surface area contributed by atoms with Gasteiger partial charge in [0.05, 0.1) is 13.2 Å². The lowest BCUT2D eigenvalue weighted by atomic mass is 10.1. The van der Waals surface area contributed by atoms with Gasteiger partial charge in [0.25, 0.3) is 5.56 Å². The zero-order valence-corrected chi connectivity index (χ0v) is 20.5. The van der Waals surface area contributed by atoms with E-state index in [1.54, 1.807) is 0 Å². The van der Waals surface area contributed by atoms with Crippen LogP contribution in [0.3, 0.4) is 0 Å². The van der Waals surface area contributed by atoms with Crippen LogP contribution in [-0.2, 0) is 6.54 Å². The topological polar surface area (TPSA) is 63.8 Å². The van der Waals surface area contributed by atoms with Crippen molar-refractivity contribution in [3.8, 4) is 5.75 Å². The van der Waals surface area contributed by atoms with Crippen LogP contribution in [-0.4, -0.2) is 84.8 Å². The maximum atomic E-state index is 12.8. The standard InChI is InChI=1S/C24H37N5O2S/c1-4-31-21-8-9-22-19(17-21)16-20(23(30)26-22)18-29(15-14-28-12-5-6-13-28)24(32)25-10-7-11-27(2)3/h8-9,16-17H,4-7,10-15,18H2,1-3H3,(H,25,32)(H,26,30). The molecule has 0 bridgehead atoms. The van der Waals surface area contributed by atoms with Crippen LogP contribution in [0.5, 0.6) is 5.75 Å². The molecule has 2 aromatic rings. The first kappa shape index (κ1) is 24.5. The summed E-state index contributed by atoms with van der Waals surface area (Å²) in [7, 11) is 4.15. The second kappa shape index (κ2) is 12.2. The Hall–Kier alpha value is -2.16. The Kier molecular flexibility index (Phi) is 9.32. The Morgan fingerprint density at radius 2 is 2.00 bits per heavy atom. The Morgan fingerprint density at radius 1 is 1.22 bits per heavy atom. The van der Waals surface area contributed by atoms with E-state index in [9.17, 15) is 4.79 Å². The normalized spacial score (nSPS) is 14.2. The van der Waals surface area contributed by atoms with Gasteiger partial charge in [0.15, 0.2) is 5.11 Å². The van der Waals surface area contributed by atoms with Crippen LogP contribution >= 0.6 is 12.2 Å². The van der Waals surface area contributed by atoms with Crippen molar-refractivity contribution in [1.82, 2.24) is 25.0 Å². The molecule has 0 radical (unpaired) electrons. The second-order valence-corrected chi connectivity index (χ2v) is 9.05. The molecular formula is C24H37N5O2S. The summed E-state index contributed by atoms with van der Waals surface area (Å²) in [6.45, 7) is 8.94. The number of benzene rings is 1. The number of thiocarbonyl (C=S) groups is 1. The number of aromatic amines is 1. The average Bonchev–Trinajstić information content (AvgIpc) is 3.28. The van der Waals surface area contributed by atoms with Crippen molar-refractivity contribution in [3.05, 3.63) is 40.2 Å². The predicted octanol–water partition coefficient (Wildman–Crippen LogP) is 2.65. The first-order valence-corrected chi connectivity index (χ1v) is 12.1. The summed E-state index contributed by atoms with van der Waals surface area (Å²) in [5.74, 6) is 0.807. The summed E-state index contributed by atoms with van der Waals surface area (Å²) in [4.78, 5) is 22.6. The van der Waals surface area contributed by atoms with E-state index in [4.69, 9.17) is 17.0 Å². The number of nitrogens with one attached hydrogen (secondary N) is 2. The molecule has 3 rings (SSSR count). The molecule has 32 heavy (non-hydrogen) atoms. The number of H-pyrrole nitrogens is 1. The number of hydrogen-bond donors (Lipinski definition) is 2. The van der Waals surface area contributed by atoms with E-state index in [1.807, 2.05) is 31.2 Å². The van der Waals surface area contributed by atoms with Crippen LogP contribution in [0.1, 0.15) is 31.7 Å².